The molecule has 10 heteroatoms. The molecule has 7 nitrogen and oxygen atoms in total. The summed E-state index contributed by atoms with van der Waals surface area (Å²) in [6.45, 7) is 0. The third-order valence-electron chi connectivity index (χ3n) is 2.42. The molecule has 1 heterocycles. The van der Waals surface area contributed by atoms with Crippen molar-refractivity contribution in [1.29, 1.82) is 0 Å². The highest BCUT2D eigenvalue weighted by Crippen LogP contribution is 2.29. The van der Waals surface area contributed by atoms with Gasteiger partial charge in [-0.25, -0.2) is 13.4 Å². The van der Waals surface area contributed by atoms with Crippen LogP contribution < -0.4 is 4.72 Å². The molecule has 1 N–H and O–H groups in total. The van der Waals surface area contributed by atoms with E-state index in [9.17, 15) is 18.5 Å². The molecule has 0 fully saturated rings. The number of nitro benzene ring substituents is 1. The van der Waals surface area contributed by atoms with Gasteiger partial charge in [-0.15, -0.1) is 0 Å². The van der Waals surface area contributed by atoms with Crippen LogP contribution in [0.3, 0.4) is 0 Å². The van der Waals surface area contributed by atoms with Gasteiger partial charge in [0, 0.05) is 18.3 Å². The number of nitrogens with one attached hydrogen (secondary N) is 1. The Balaban J connectivity index is 2.41. The van der Waals surface area contributed by atoms with Gasteiger partial charge in [0.2, 0.25) is 0 Å². The summed E-state index contributed by atoms with van der Waals surface area (Å²) in [5.74, 6) is 0. The number of nitrogens with zero attached hydrogens (tertiary/aromatic N) is 2. The quantitative estimate of drug-likeness (QED) is 0.489. The zero-order valence-corrected chi connectivity index (χ0v) is 13.3. The van der Waals surface area contributed by atoms with Gasteiger partial charge in [0.15, 0.2) is 0 Å². The first-order valence-corrected chi connectivity index (χ1v) is 8.04. The van der Waals surface area contributed by atoms with Gasteiger partial charge in [0.1, 0.15) is 9.50 Å². The first kappa shape index (κ1) is 15.7. The molecule has 2 rings (SSSR count). The predicted octanol–water partition coefficient (Wildman–Crippen LogP) is 3.21. The monoisotopic (exact) mass is 391 g/mol. The maximum Gasteiger partial charge on any atom is 0.271 e. The molecule has 2 aromatic rings. The lowest BCUT2D eigenvalue weighted by atomic mass is 10.3. The predicted molar refractivity (Wildman–Crippen MR) is 80.9 cm³/mol. The molecule has 110 valence electrons. The molecule has 0 atom stereocenters. The fourth-order valence-electron chi connectivity index (χ4n) is 1.48. The highest BCUT2D eigenvalue weighted by molar-refractivity contribution is 9.10. The third kappa shape index (κ3) is 3.49. The number of benzene rings is 1. The number of hydrogen-bond acceptors (Lipinski definition) is 5. The first-order chi connectivity index (χ1) is 9.81. The van der Waals surface area contributed by atoms with E-state index in [0.29, 0.717) is 4.60 Å². The lowest BCUT2D eigenvalue weighted by molar-refractivity contribution is -0.384. The topological polar surface area (TPSA) is 102 Å². The molecular weight excluding hydrogens is 386 g/mol. The van der Waals surface area contributed by atoms with Crippen LogP contribution in [-0.4, -0.2) is 18.3 Å². The summed E-state index contributed by atoms with van der Waals surface area (Å²) in [7, 11) is -3.98. The molecule has 0 aliphatic rings. The highest BCUT2D eigenvalue weighted by atomic mass is 79.9. The molecule has 0 aliphatic carbocycles. The largest absolute Gasteiger partial charge is 0.277 e. The van der Waals surface area contributed by atoms with Crippen molar-refractivity contribution < 1.29 is 13.3 Å². The number of non-ortho nitro benzene ring substituents is 1. The molecule has 0 saturated heterocycles. The van der Waals surface area contributed by atoms with Gasteiger partial charge in [-0.1, -0.05) is 11.6 Å². The van der Waals surface area contributed by atoms with Gasteiger partial charge < -0.3 is 0 Å². The van der Waals surface area contributed by atoms with Gasteiger partial charge in [0.25, 0.3) is 15.7 Å². The molecule has 0 saturated carbocycles. The first-order valence-electron chi connectivity index (χ1n) is 5.38. The Kier molecular flexibility index (Phi) is 4.45. The standard InChI is InChI=1S/C11H7BrClN3O4S/c12-11-9(2-1-5-14-11)15-21(19,20)10-4-3-7(16(17)18)6-8(10)13/h1-6,15H. The molecule has 0 spiro atoms. The number of pyridine rings is 1. The average Bonchev–Trinajstić information content (AvgIpc) is 2.40. The van der Waals surface area contributed by atoms with E-state index in [-0.39, 0.29) is 21.3 Å². The van der Waals surface area contributed by atoms with Crippen LogP contribution in [0.15, 0.2) is 46.0 Å². The summed E-state index contributed by atoms with van der Waals surface area (Å²) in [5, 5.41) is 10.4. The smallest absolute Gasteiger partial charge is 0.271 e. The van der Waals surface area contributed by atoms with Crippen LogP contribution in [0, 0.1) is 10.1 Å². The van der Waals surface area contributed by atoms with Crippen molar-refractivity contribution in [3.8, 4) is 0 Å². The Hall–Kier alpha value is -1.71. The molecular formula is C11H7BrClN3O4S. The van der Waals surface area contributed by atoms with Crippen molar-refractivity contribution in [2.24, 2.45) is 0 Å². The molecule has 1 aromatic carbocycles. The zero-order valence-electron chi connectivity index (χ0n) is 10.2. The van der Waals surface area contributed by atoms with E-state index in [0.717, 1.165) is 18.2 Å². The Bertz CT molecular complexity index is 813. The minimum absolute atomic E-state index is 0.229. The van der Waals surface area contributed by atoms with Crippen molar-refractivity contribution in [2.75, 3.05) is 4.72 Å². The van der Waals surface area contributed by atoms with Gasteiger partial charge in [-0.05, 0) is 34.1 Å². The Labute approximate surface area is 133 Å². The molecule has 0 aliphatic heterocycles. The maximum atomic E-state index is 12.2. The van der Waals surface area contributed by atoms with Crippen molar-refractivity contribution in [2.45, 2.75) is 4.90 Å². The minimum atomic E-state index is -3.98. The summed E-state index contributed by atoms with van der Waals surface area (Å²) in [4.78, 5) is 13.6. The maximum absolute atomic E-state index is 12.2. The van der Waals surface area contributed by atoms with E-state index >= 15 is 0 Å². The number of rotatable bonds is 4. The van der Waals surface area contributed by atoms with E-state index in [1.165, 1.54) is 12.3 Å². The van der Waals surface area contributed by atoms with Crippen LogP contribution in [-0.2, 0) is 10.0 Å². The second-order valence-electron chi connectivity index (χ2n) is 3.82. The lowest BCUT2D eigenvalue weighted by Gasteiger charge is -2.10. The van der Waals surface area contributed by atoms with Crippen LogP contribution in [0.2, 0.25) is 5.02 Å². The Morgan fingerprint density at radius 3 is 2.62 bits per heavy atom. The van der Waals surface area contributed by atoms with E-state index in [1.807, 2.05) is 0 Å². The number of aromatic nitrogens is 1. The van der Waals surface area contributed by atoms with Gasteiger partial charge in [-0.3, -0.25) is 14.8 Å². The second kappa shape index (κ2) is 5.96. The van der Waals surface area contributed by atoms with Crippen molar-refractivity contribution in [1.82, 2.24) is 4.98 Å². The summed E-state index contributed by atoms with van der Waals surface area (Å²) in [6, 6.07) is 6.19. The van der Waals surface area contributed by atoms with Crippen molar-refractivity contribution in [3.05, 3.63) is 56.3 Å². The summed E-state index contributed by atoms with van der Waals surface area (Å²) in [6.07, 6.45) is 1.49. The van der Waals surface area contributed by atoms with E-state index in [1.54, 1.807) is 6.07 Å². The number of nitro groups is 1. The van der Waals surface area contributed by atoms with E-state index < -0.39 is 14.9 Å². The molecule has 21 heavy (non-hydrogen) atoms. The number of hydrogen-bond donors (Lipinski definition) is 1. The van der Waals surface area contributed by atoms with E-state index in [4.69, 9.17) is 11.6 Å². The van der Waals surface area contributed by atoms with Crippen LogP contribution in [0.25, 0.3) is 0 Å². The fraction of sp³-hybridized carbons (Fsp3) is 0. The number of sulfonamides is 1. The average molecular weight is 393 g/mol. The summed E-state index contributed by atoms with van der Waals surface area (Å²) >= 11 is 8.92. The van der Waals surface area contributed by atoms with Crippen LogP contribution in [0.4, 0.5) is 11.4 Å². The lowest BCUT2D eigenvalue weighted by Crippen LogP contribution is -2.14. The second-order valence-corrected chi connectivity index (χ2v) is 6.63. The molecule has 0 radical (unpaired) electrons. The van der Waals surface area contributed by atoms with Crippen molar-refractivity contribution in [3.63, 3.8) is 0 Å². The molecule has 0 amide bonds. The van der Waals surface area contributed by atoms with Gasteiger partial charge >= 0.3 is 0 Å². The minimum Gasteiger partial charge on any atom is -0.277 e. The summed E-state index contributed by atoms with van der Waals surface area (Å²) < 4.78 is 27.1. The van der Waals surface area contributed by atoms with Crippen LogP contribution in [0.5, 0.6) is 0 Å². The Morgan fingerprint density at radius 1 is 1.33 bits per heavy atom. The van der Waals surface area contributed by atoms with Gasteiger partial charge in [-0.2, -0.15) is 0 Å². The zero-order chi connectivity index (χ0) is 15.6. The van der Waals surface area contributed by atoms with Crippen LogP contribution in [0.1, 0.15) is 0 Å². The number of halogens is 2. The Morgan fingerprint density at radius 2 is 2.05 bits per heavy atom. The summed E-state index contributed by atoms with van der Waals surface area (Å²) in [5.41, 5.74) is -0.0616. The SMILES string of the molecule is O=[N+]([O-])c1ccc(S(=O)(=O)Nc2cccnc2Br)c(Cl)c1. The highest BCUT2D eigenvalue weighted by Gasteiger charge is 2.21. The fourth-order valence-corrected chi connectivity index (χ4v) is 3.57. The van der Waals surface area contributed by atoms with Gasteiger partial charge in [0.05, 0.1) is 15.6 Å². The molecule has 0 bridgehead atoms. The van der Waals surface area contributed by atoms with Crippen molar-refractivity contribution >= 4 is 48.9 Å². The molecule has 0 unspecified atom stereocenters. The normalized spacial score (nSPS) is 11.1. The number of anilines is 1. The van der Waals surface area contributed by atoms with E-state index in [2.05, 4.69) is 25.6 Å². The van der Waals surface area contributed by atoms with Crippen LogP contribution >= 0.6 is 27.5 Å². The third-order valence-corrected chi connectivity index (χ3v) is 4.90. The molecule has 1 aromatic heterocycles.